The number of hydrogen-bond donors (Lipinski definition) is 1. The van der Waals surface area contributed by atoms with Crippen LogP contribution in [0.25, 0.3) is 0 Å². The van der Waals surface area contributed by atoms with Crippen LogP contribution in [-0.4, -0.2) is 46.9 Å². The number of aliphatic hydroxyl groups is 1. The van der Waals surface area contributed by atoms with Crippen molar-refractivity contribution >= 4 is 17.9 Å². The summed E-state index contributed by atoms with van der Waals surface area (Å²) in [5.41, 5.74) is -2.28. The second-order valence-corrected chi connectivity index (χ2v) is 16.9. The molecule has 7 nitrogen and oxygen atoms in total. The highest BCUT2D eigenvalue weighted by atomic mass is 16.6. The van der Waals surface area contributed by atoms with E-state index in [2.05, 4.69) is 13.8 Å². The van der Waals surface area contributed by atoms with Crippen LogP contribution in [0, 0.1) is 59.2 Å². The van der Waals surface area contributed by atoms with E-state index in [9.17, 15) is 19.5 Å². The second kappa shape index (κ2) is 11.9. The maximum Gasteiger partial charge on any atom is 0.339 e. The molecule has 43 heavy (non-hydrogen) atoms. The van der Waals surface area contributed by atoms with Crippen molar-refractivity contribution in [2.24, 2.45) is 59.2 Å². The molecule has 5 atom stereocenters. The monoisotopic (exact) mass is 598 g/mol. The minimum atomic E-state index is -2.28. The molecule has 0 aromatic carbocycles. The van der Waals surface area contributed by atoms with Crippen molar-refractivity contribution in [3.63, 3.8) is 0 Å². The number of carbonyl (C=O) groups is 3. The van der Waals surface area contributed by atoms with Gasteiger partial charge in [-0.15, -0.1) is 0 Å². The van der Waals surface area contributed by atoms with Gasteiger partial charge in [-0.05, 0) is 155 Å². The molecular formula is C36H54O7. The van der Waals surface area contributed by atoms with E-state index in [1.807, 2.05) is 0 Å². The van der Waals surface area contributed by atoms with Gasteiger partial charge in [0.05, 0.1) is 12.8 Å². The first-order chi connectivity index (χ1) is 20.6. The minimum absolute atomic E-state index is 0.142. The zero-order chi connectivity index (χ0) is 29.9. The van der Waals surface area contributed by atoms with Gasteiger partial charge in [-0.25, -0.2) is 4.79 Å². The van der Waals surface area contributed by atoms with E-state index in [-0.39, 0.29) is 18.3 Å². The molecule has 7 heteroatoms. The number of hydrogen-bond acceptors (Lipinski definition) is 7. The summed E-state index contributed by atoms with van der Waals surface area (Å²) in [4.78, 5) is 40.5. The van der Waals surface area contributed by atoms with E-state index in [0.29, 0.717) is 47.3 Å². The number of rotatable bonds is 8. The molecule has 8 saturated carbocycles. The number of ether oxygens (including phenoxy) is 3. The quantitative estimate of drug-likeness (QED) is 0.256. The van der Waals surface area contributed by atoms with Crippen LogP contribution < -0.4 is 0 Å². The van der Waals surface area contributed by atoms with Crippen molar-refractivity contribution in [2.75, 3.05) is 0 Å². The fourth-order valence-corrected chi connectivity index (χ4v) is 11.9. The molecule has 0 saturated heterocycles. The van der Waals surface area contributed by atoms with Gasteiger partial charge in [0.2, 0.25) is 0 Å². The zero-order valence-corrected chi connectivity index (χ0v) is 26.4. The highest BCUT2D eigenvalue weighted by Gasteiger charge is 2.52. The van der Waals surface area contributed by atoms with Crippen LogP contribution in [0.4, 0.5) is 0 Å². The lowest BCUT2D eigenvalue weighted by molar-refractivity contribution is -0.191. The van der Waals surface area contributed by atoms with Crippen molar-refractivity contribution in [2.45, 2.75) is 147 Å². The first-order valence-corrected chi connectivity index (χ1v) is 17.9. The normalized spacial score (nSPS) is 46.0. The van der Waals surface area contributed by atoms with Crippen molar-refractivity contribution in [3.05, 3.63) is 0 Å². The van der Waals surface area contributed by atoms with Crippen molar-refractivity contribution in [1.82, 2.24) is 0 Å². The molecular weight excluding hydrogens is 544 g/mol. The second-order valence-electron chi connectivity index (χ2n) is 16.9. The van der Waals surface area contributed by atoms with Crippen molar-refractivity contribution in [1.29, 1.82) is 0 Å². The first kappa shape index (κ1) is 30.0. The van der Waals surface area contributed by atoms with E-state index in [0.717, 1.165) is 76.0 Å². The van der Waals surface area contributed by atoms with Gasteiger partial charge >= 0.3 is 17.9 Å². The Morgan fingerprint density at radius 2 is 0.907 bits per heavy atom. The molecule has 0 aliphatic heterocycles. The number of fused-ring (bicyclic) bond motifs is 4. The fraction of sp³-hybridized carbons (Fsp3) is 0.917. The Morgan fingerprint density at radius 1 is 0.535 bits per heavy atom. The lowest BCUT2D eigenvalue weighted by Crippen LogP contribution is -2.51. The van der Waals surface area contributed by atoms with Crippen LogP contribution in [0.5, 0.6) is 0 Å². The van der Waals surface area contributed by atoms with Crippen LogP contribution >= 0.6 is 0 Å². The van der Waals surface area contributed by atoms with Gasteiger partial charge in [-0.3, -0.25) is 9.59 Å². The molecule has 240 valence electrons. The Hall–Kier alpha value is -1.63. The van der Waals surface area contributed by atoms with Crippen LogP contribution in [0.2, 0.25) is 0 Å². The largest absolute Gasteiger partial charge is 0.462 e. The molecule has 8 rings (SSSR count). The van der Waals surface area contributed by atoms with Crippen molar-refractivity contribution < 1.29 is 33.7 Å². The lowest BCUT2D eigenvalue weighted by Gasteiger charge is -2.53. The Labute approximate surface area is 257 Å². The average Bonchev–Trinajstić information content (AvgIpc) is 2.88. The summed E-state index contributed by atoms with van der Waals surface area (Å²) in [6.45, 7) is 4.60. The van der Waals surface area contributed by atoms with Gasteiger partial charge in [0, 0.05) is 0 Å². The van der Waals surface area contributed by atoms with Gasteiger partial charge < -0.3 is 19.3 Å². The summed E-state index contributed by atoms with van der Waals surface area (Å²) in [6.07, 6.45) is 14.2. The molecule has 0 radical (unpaired) electrons. The summed E-state index contributed by atoms with van der Waals surface area (Å²) in [5, 5.41) is 11.8. The molecule has 8 aliphatic carbocycles. The third kappa shape index (κ3) is 6.67. The molecule has 0 aromatic heterocycles. The summed E-state index contributed by atoms with van der Waals surface area (Å²) in [5.74, 6) is 3.75. The van der Waals surface area contributed by atoms with E-state index < -0.39 is 36.4 Å². The van der Waals surface area contributed by atoms with Crippen LogP contribution in [0.3, 0.4) is 0 Å². The highest BCUT2D eigenvalue weighted by molar-refractivity contribution is 5.90. The number of carbonyl (C=O) groups excluding carboxylic acids is 3. The molecule has 1 N–H and O–H groups in total. The zero-order valence-electron chi connectivity index (χ0n) is 26.4. The predicted octanol–water partition coefficient (Wildman–Crippen LogP) is 6.38. The summed E-state index contributed by atoms with van der Waals surface area (Å²) >= 11 is 0. The Kier molecular flexibility index (Phi) is 8.35. The fourth-order valence-electron chi connectivity index (χ4n) is 11.9. The maximum atomic E-state index is 13.7. The summed E-state index contributed by atoms with van der Waals surface area (Å²) in [7, 11) is 0. The van der Waals surface area contributed by atoms with Gasteiger partial charge in [-0.1, -0.05) is 13.8 Å². The summed E-state index contributed by atoms with van der Waals surface area (Å²) in [6, 6.07) is 0. The molecule has 8 bridgehead atoms. The molecule has 0 spiro atoms. The average molecular weight is 599 g/mol. The van der Waals surface area contributed by atoms with Gasteiger partial charge in [-0.2, -0.15) is 0 Å². The predicted molar refractivity (Wildman–Crippen MR) is 159 cm³/mol. The first-order valence-electron chi connectivity index (χ1n) is 17.9. The van der Waals surface area contributed by atoms with Crippen molar-refractivity contribution in [3.8, 4) is 0 Å². The van der Waals surface area contributed by atoms with Crippen LogP contribution in [0.1, 0.15) is 123 Å². The van der Waals surface area contributed by atoms with Gasteiger partial charge in [0.25, 0.3) is 0 Å². The maximum absolute atomic E-state index is 13.7. The molecule has 8 aliphatic rings. The summed E-state index contributed by atoms with van der Waals surface area (Å²) < 4.78 is 18.0. The minimum Gasteiger partial charge on any atom is -0.462 e. The standard InChI is InChI=1S/C36H54O7/c1-20-3-22-7-23(4-20)15-30(14-22)41-32(37)18-36(40,35(39)42-31-16-24-5-21(2)6-25(8-24)17-31)19-33(38)43-34-28-10-26-9-27(12-28)13-29(34)11-26/h20-31,34,40H,3-19H2,1-2H3. The smallest absolute Gasteiger partial charge is 0.339 e. The molecule has 5 unspecified atom stereocenters. The SMILES string of the molecule is CC1CC2CC(C1)CC(OC(=O)CC(O)(CC(=O)OC1C3CC4CC(C3)CC1C4)C(=O)OC1CC3CC(C)CC(C3)C1)C2. The molecule has 8 fully saturated rings. The van der Waals surface area contributed by atoms with E-state index in [4.69, 9.17) is 14.2 Å². The van der Waals surface area contributed by atoms with E-state index in [1.54, 1.807) is 0 Å². The molecule has 0 aromatic rings. The Balaban J connectivity index is 1.01. The third-order valence-electron chi connectivity index (χ3n) is 12.9. The van der Waals surface area contributed by atoms with E-state index >= 15 is 0 Å². The topological polar surface area (TPSA) is 99.1 Å². The van der Waals surface area contributed by atoms with Gasteiger partial charge in [0.15, 0.2) is 5.60 Å². The Bertz CT molecular complexity index is 1010. The molecule has 0 amide bonds. The van der Waals surface area contributed by atoms with E-state index in [1.165, 1.54) is 32.1 Å². The highest BCUT2D eigenvalue weighted by Crippen LogP contribution is 2.55. The third-order valence-corrected chi connectivity index (χ3v) is 12.9. The van der Waals surface area contributed by atoms with Crippen LogP contribution in [-0.2, 0) is 28.6 Å². The molecule has 0 heterocycles. The Morgan fingerprint density at radius 3 is 1.35 bits per heavy atom. The van der Waals surface area contributed by atoms with Gasteiger partial charge in [0.1, 0.15) is 18.3 Å². The lowest BCUT2D eigenvalue weighted by atomic mass is 9.55. The van der Waals surface area contributed by atoms with Crippen LogP contribution in [0.15, 0.2) is 0 Å². The number of esters is 3.